The molecule has 5 nitrogen and oxygen atoms in total. The van der Waals surface area contributed by atoms with Crippen LogP contribution >= 0.6 is 0 Å². The Labute approximate surface area is 110 Å². The molecule has 0 aliphatic carbocycles. The maximum Gasteiger partial charge on any atom is 0.256 e. The van der Waals surface area contributed by atoms with E-state index in [1.54, 1.807) is 6.07 Å². The summed E-state index contributed by atoms with van der Waals surface area (Å²) in [6, 6.07) is 5.59. The summed E-state index contributed by atoms with van der Waals surface area (Å²) in [5, 5.41) is 11.7. The number of H-pyrrole nitrogens is 1. The number of rotatable bonds is 4. The molecular weight excluding hydrogens is 244 g/mol. The lowest BCUT2D eigenvalue weighted by atomic mass is 10.1. The highest BCUT2D eigenvalue weighted by Gasteiger charge is 2.12. The molecule has 19 heavy (non-hydrogen) atoms. The molecule has 2 rings (SSSR count). The van der Waals surface area contributed by atoms with E-state index in [0.717, 1.165) is 12.0 Å². The van der Waals surface area contributed by atoms with E-state index < -0.39 is 5.91 Å². The first-order valence-electron chi connectivity index (χ1n) is 6.20. The van der Waals surface area contributed by atoms with Crippen molar-refractivity contribution in [3.63, 3.8) is 0 Å². The average Bonchev–Trinajstić information content (AvgIpc) is 2.45. The molecule has 0 aliphatic heterocycles. The molecule has 2 aromatic rings. The Morgan fingerprint density at radius 2 is 2.21 bits per heavy atom. The second kappa shape index (κ2) is 5.67. The predicted octanol–water partition coefficient (Wildman–Crippen LogP) is 0.813. The molecule has 0 spiro atoms. The summed E-state index contributed by atoms with van der Waals surface area (Å²) in [6.45, 7) is 1.98. The molecule has 0 aliphatic rings. The lowest BCUT2D eigenvalue weighted by molar-refractivity contribution is 0.0943. The van der Waals surface area contributed by atoms with Gasteiger partial charge in [-0.15, -0.1) is 0 Å². The maximum absolute atomic E-state index is 12.3. The van der Waals surface area contributed by atoms with Crippen molar-refractivity contribution in [2.24, 2.45) is 0 Å². The van der Waals surface area contributed by atoms with Gasteiger partial charge in [0.15, 0.2) is 0 Å². The van der Waals surface area contributed by atoms with Crippen LogP contribution in [0.4, 0.5) is 0 Å². The van der Waals surface area contributed by atoms with E-state index in [1.807, 2.05) is 19.1 Å². The largest absolute Gasteiger partial charge is 0.395 e. The van der Waals surface area contributed by atoms with E-state index in [-0.39, 0.29) is 24.1 Å². The summed E-state index contributed by atoms with van der Waals surface area (Å²) >= 11 is 0. The lowest BCUT2D eigenvalue weighted by Crippen LogP contribution is -2.30. The summed E-state index contributed by atoms with van der Waals surface area (Å²) in [4.78, 5) is 27.0. The van der Waals surface area contributed by atoms with E-state index >= 15 is 0 Å². The Kier molecular flexibility index (Phi) is 3.97. The quantitative estimate of drug-likeness (QED) is 0.761. The normalized spacial score (nSPS) is 10.6. The highest BCUT2D eigenvalue weighted by molar-refractivity contribution is 5.97. The molecule has 0 saturated carbocycles. The van der Waals surface area contributed by atoms with E-state index in [4.69, 9.17) is 5.11 Å². The third kappa shape index (κ3) is 2.66. The third-order valence-electron chi connectivity index (χ3n) is 3.00. The first-order chi connectivity index (χ1) is 9.17. The zero-order valence-corrected chi connectivity index (χ0v) is 10.7. The third-order valence-corrected chi connectivity index (χ3v) is 3.00. The van der Waals surface area contributed by atoms with E-state index in [0.29, 0.717) is 10.9 Å². The molecule has 1 aromatic heterocycles. The summed E-state index contributed by atoms with van der Waals surface area (Å²) in [7, 11) is 0. The van der Waals surface area contributed by atoms with Gasteiger partial charge in [0.05, 0.1) is 6.61 Å². The zero-order chi connectivity index (χ0) is 13.8. The van der Waals surface area contributed by atoms with E-state index in [2.05, 4.69) is 10.3 Å². The van der Waals surface area contributed by atoms with Crippen molar-refractivity contribution in [3.05, 3.63) is 45.7 Å². The summed E-state index contributed by atoms with van der Waals surface area (Å²) in [5.41, 5.74) is 1.53. The van der Waals surface area contributed by atoms with Crippen LogP contribution in [0.15, 0.2) is 29.2 Å². The van der Waals surface area contributed by atoms with Crippen molar-refractivity contribution in [1.82, 2.24) is 10.3 Å². The van der Waals surface area contributed by atoms with Gasteiger partial charge in [-0.2, -0.15) is 0 Å². The molecule has 0 fully saturated rings. The molecule has 0 unspecified atom stereocenters. The Hall–Kier alpha value is -2.14. The number of amides is 1. The molecule has 0 atom stereocenters. The summed E-state index contributed by atoms with van der Waals surface area (Å²) in [5.74, 6) is -0.473. The number of aliphatic hydroxyl groups is 1. The van der Waals surface area contributed by atoms with Gasteiger partial charge in [-0.05, 0) is 24.1 Å². The molecule has 1 aromatic carbocycles. The lowest BCUT2D eigenvalue weighted by Gasteiger charge is -2.05. The van der Waals surface area contributed by atoms with Gasteiger partial charge in [0.1, 0.15) is 5.56 Å². The van der Waals surface area contributed by atoms with Crippen LogP contribution in [-0.4, -0.2) is 29.1 Å². The van der Waals surface area contributed by atoms with Crippen molar-refractivity contribution in [1.29, 1.82) is 0 Å². The molecule has 1 amide bonds. The fourth-order valence-corrected chi connectivity index (χ4v) is 1.92. The number of carbonyl (C=O) groups is 1. The number of fused-ring (bicyclic) bond motifs is 1. The van der Waals surface area contributed by atoms with Gasteiger partial charge < -0.3 is 15.4 Å². The van der Waals surface area contributed by atoms with Gasteiger partial charge in [0.2, 0.25) is 5.43 Å². The number of benzene rings is 1. The number of nitrogens with one attached hydrogen (secondary N) is 2. The average molecular weight is 260 g/mol. The minimum Gasteiger partial charge on any atom is -0.395 e. The standard InChI is InChI=1S/C14H16N2O3/c1-2-9-3-4-12-10(7-9)13(18)11(8-16-12)14(19)15-5-6-17/h3-4,7-8,17H,2,5-6H2,1H3,(H,15,19)(H,16,18). The number of aromatic nitrogens is 1. The van der Waals surface area contributed by atoms with Crippen LogP contribution in [0.5, 0.6) is 0 Å². The molecule has 0 bridgehead atoms. The minimum atomic E-state index is -0.473. The highest BCUT2D eigenvalue weighted by Crippen LogP contribution is 2.11. The number of carbonyl (C=O) groups excluding carboxylic acids is 1. The van der Waals surface area contributed by atoms with Crippen LogP contribution in [0.1, 0.15) is 22.8 Å². The van der Waals surface area contributed by atoms with Crippen LogP contribution in [-0.2, 0) is 6.42 Å². The van der Waals surface area contributed by atoms with Crippen LogP contribution < -0.4 is 10.7 Å². The monoisotopic (exact) mass is 260 g/mol. The first-order valence-corrected chi connectivity index (χ1v) is 6.20. The molecule has 3 N–H and O–H groups in total. The van der Waals surface area contributed by atoms with Crippen LogP contribution in [0.3, 0.4) is 0 Å². The number of aromatic amines is 1. The SMILES string of the molecule is CCc1ccc2[nH]cc(C(=O)NCCO)c(=O)c2c1. The van der Waals surface area contributed by atoms with Gasteiger partial charge in [0, 0.05) is 23.6 Å². The van der Waals surface area contributed by atoms with Crippen LogP contribution in [0.25, 0.3) is 10.9 Å². The van der Waals surface area contributed by atoms with Crippen molar-refractivity contribution in [2.45, 2.75) is 13.3 Å². The second-order valence-electron chi connectivity index (χ2n) is 4.24. The molecule has 0 radical (unpaired) electrons. The fourth-order valence-electron chi connectivity index (χ4n) is 1.92. The van der Waals surface area contributed by atoms with Gasteiger partial charge >= 0.3 is 0 Å². The Bertz CT molecular complexity index is 661. The topological polar surface area (TPSA) is 82.2 Å². The summed E-state index contributed by atoms with van der Waals surface area (Å²) < 4.78 is 0. The van der Waals surface area contributed by atoms with Gasteiger partial charge in [-0.1, -0.05) is 13.0 Å². The van der Waals surface area contributed by atoms with Gasteiger partial charge in [0.25, 0.3) is 5.91 Å². The van der Waals surface area contributed by atoms with Crippen molar-refractivity contribution < 1.29 is 9.90 Å². The summed E-state index contributed by atoms with van der Waals surface area (Å²) in [6.07, 6.45) is 2.24. The smallest absolute Gasteiger partial charge is 0.256 e. The number of hydrogen-bond donors (Lipinski definition) is 3. The second-order valence-corrected chi connectivity index (χ2v) is 4.24. The van der Waals surface area contributed by atoms with Crippen molar-refractivity contribution in [3.8, 4) is 0 Å². The van der Waals surface area contributed by atoms with Gasteiger partial charge in [-0.3, -0.25) is 9.59 Å². The molecule has 5 heteroatoms. The highest BCUT2D eigenvalue weighted by atomic mass is 16.3. The number of aryl methyl sites for hydroxylation is 1. The molecule has 0 saturated heterocycles. The zero-order valence-electron chi connectivity index (χ0n) is 10.7. The Morgan fingerprint density at radius 1 is 1.42 bits per heavy atom. The van der Waals surface area contributed by atoms with Crippen molar-refractivity contribution in [2.75, 3.05) is 13.2 Å². The number of pyridine rings is 1. The molecule has 100 valence electrons. The predicted molar refractivity (Wildman–Crippen MR) is 73.4 cm³/mol. The fraction of sp³-hybridized carbons (Fsp3) is 0.286. The van der Waals surface area contributed by atoms with Gasteiger partial charge in [-0.25, -0.2) is 0 Å². The first kappa shape index (κ1) is 13.3. The number of hydrogen-bond acceptors (Lipinski definition) is 3. The minimum absolute atomic E-state index is 0.0641. The molecular formula is C14H16N2O3. The van der Waals surface area contributed by atoms with E-state index in [9.17, 15) is 9.59 Å². The Morgan fingerprint density at radius 3 is 2.89 bits per heavy atom. The van der Waals surface area contributed by atoms with Crippen LogP contribution in [0.2, 0.25) is 0 Å². The number of aliphatic hydroxyl groups excluding tert-OH is 1. The van der Waals surface area contributed by atoms with E-state index in [1.165, 1.54) is 6.20 Å². The molecule has 1 heterocycles. The van der Waals surface area contributed by atoms with Crippen molar-refractivity contribution >= 4 is 16.8 Å². The maximum atomic E-state index is 12.3. The Balaban J connectivity index is 2.50. The van der Waals surface area contributed by atoms with Crippen LogP contribution in [0, 0.1) is 0 Å².